The summed E-state index contributed by atoms with van der Waals surface area (Å²) in [6.07, 6.45) is 2.18. The van der Waals surface area contributed by atoms with E-state index in [0.29, 0.717) is 0 Å². The van der Waals surface area contributed by atoms with Crippen LogP contribution in [0.3, 0.4) is 0 Å². The Kier molecular flexibility index (Phi) is 2.11. The van der Waals surface area contributed by atoms with Crippen LogP contribution in [-0.4, -0.2) is 38.5 Å². The molecule has 2 heterocycles. The van der Waals surface area contributed by atoms with Crippen LogP contribution in [-0.2, 0) is 9.47 Å². The van der Waals surface area contributed by atoms with Crippen LogP contribution in [0.15, 0.2) is 0 Å². The molecule has 2 fully saturated rings. The summed E-state index contributed by atoms with van der Waals surface area (Å²) in [6.45, 7) is 4.57. The van der Waals surface area contributed by atoms with Gasteiger partial charge in [0.05, 0.1) is 18.8 Å². The Bertz CT molecular complexity index is 122. The summed E-state index contributed by atoms with van der Waals surface area (Å²) in [5, 5.41) is 3.32. The van der Waals surface area contributed by atoms with Crippen LogP contribution < -0.4 is 5.32 Å². The van der Waals surface area contributed by atoms with E-state index in [4.69, 9.17) is 9.47 Å². The molecular formula is C8H15NO2. The number of hydrogen-bond acceptors (Lipinski definition) is 3. The van der Waals surface area contributed by atoms with Crippen LogP contribution >= 0.6 is 0 Å². The molecule has 0 radical (unpaired) electrons. The van der Waals surface area contributed by atoms with E-state index >= 15 is 0 Å². The van der Waals surface area contributed by atoms with Gasteiger partial charge in [-0.1, -0.05) is 0 Å². The first kappa shape index (κ1) is 7.53. The van der Waals surface area contributed by atoms with E-state index in [1.165, 1.54) is 0 Å². The van der Waals surface area contributed by atoms with Gasteiger partial charge in [-0.05, 0) is 13.0 Å². The van der Waals surface area contributed by atoms with Gasteiger partial charge in [0.1, 0.15) is 0 Å². The monoisotopic (exact) mass is 157 g/mol. The van der Waals surface area contributed by atoms with E-state index in [2.05, 4.69) is 5.32 Å². The highest BCUT2D eigenvalue weighted by Gasteiger charge is 2.36. The average molecular weight is 157 g/mol. The summed E-state index contributed by atoms with van der Waals surface area (Å²) in [6, 6.07) is 0. The quantitative estimate of drug-likeness (QED) is 0.543. The largest absolute Gasteiger partial charge is 0.378 e. The maximum absolute atomic E-state index is 5.76. The third-order valence-corrected chi connectivity index (χ3v) is 2.51. The molecule has 0 aromatic heterocycles. The molecule has 2 saturated heterocycles. The SMILES string of the molecule is C1COC2(CCN1)CCOC2. The first-order chi connectivity index (χ1) is 5.41. The van der Waals surface area contributed by atoms with Gasteiger partial charge in [-0.2, -0.15) is 0 Å². The molecule has 11 heavy (non-hydrogen) atoms. The Hall–Kier alpha value is -0.120. The van der Waals surface area contributed by atoms with Crippen LogP contribution in [0.1, 0.15) is 12.8 Å². The summed E-state index contributed by atoms with van der Waals surface area (Å²) in [7, 11) is 0. The Morgan fingerprint density at radius 2 is 2.09 bits per heavy atom. The zero-order valence-electron chi connectivity index (χ0n) is 6.77. The smallest absolute Gasteiger partial charge is 0.0949 e. The topological polar surface area (TPSA) is 30.5 Å². The normalized spacial score (nSPS) is 39.3. The van der Waals surface area contributed by atoms with Crippen molar-refractivity contribution in [3.05, 3.63) is 0 Å². The van der Waals surface area contributed by atoms with Gasteiger partial charge >= 0.3 is 0 Å². The zero-order valence-corrected chi connectivity index (χ0v) is 6.77. The lowest BCUT2D eigenvalue weighted by atomic mass is 9.99. The van der Waals surface area contributed by atoms with Crippen molar-refractivity contribution in [2.75, 3.05) is 32.9 Å². The van der Waals surface area contributed by atoms with Crippen molar-refractivity contribution in [1.29, 1.82) is 0 Å². The van der Waals surface area contributed by atoms with Gasteiger partial charge in [-0.3, -0.25) is 0 Å². The number of ether oxygens (including phenoxy) is 2. The molecule has 1 atom stereocenters. The first-order valence-corrected chi connectivity index (χ1v) is 4.34. The van der Waals surface area contributed by atoms with Crippen molar-refractivity contribution in [1.82, 2.24) is 5.32 Å². The van der Waals surface area contributed by atoms with Crippen molar-refractivity contribution < 1.29 is 9.47 Å². The second-order valence-electron chi connectivity index (χ2n) is 3.33. The van der Waals surface area contributed by atoms with E-state index < -0.39 is 0 Å². The van der Waals surface area contributed by atoms with Crippen LogP contribution in [0, 0.1) is 0 Å². The van der Waals surface area contributed by atoms with Gasteiger partial charge in [-0.25, -0.2) is 0 Å². The molecule has 2 rings (SSSR count). The Morgan fingerprint density at radius 3 is 2.91 bits per heavy atom. The van der Waals surface area contributed by atoms with Crippen molar-refractivity contribution in [3.8, 4) is 0 Å². The van der Waals surface area contributed by atoms with E-state index in [-0.39, 0.29) is 5.60 Å². The van der Waals surface area contributed by atoms with E-state index in [1.807, 2.05) is 0 Å². The molecule has 0 aromatic carbocycles. The number of rotatable bonds is 0. The fourth-order valence-electron chi connectivity index (χ4n) is 1.75. The Labute approximate surface area is 67.1 Å². The predicted octanol–water partition coefficient (Wildman–Crippen LogP) is 0.155. The molecule has 1 N–H and O–H groups in total. The molecule has 3 heteroatoms. The maximum Gasteiger partial charge on any atom is 0.0949 e. The maximum atomic E-state index is 5.76. The molecule has 1 unspecified atom stereocenters. The van der Waals surface area contributed by atoms with Gasteiger partial charge < -0.3 is 14.8 Å². The molecule has 0 bridgehead atoms. The first-order valence-electron chi connectivity index (χ1n) is 4.34. The van der Waals surface area contributed by atoms with Gasteiger partial charge in [0, 0.05) is 19.6 Å². The van der Waals surface area contributed by atoms with Crippen LogP contribution in [0.4, 0.5) is 0 Å². The van der Waals surface area contributed by atoms with Gasteiger partial charge in [0.2, 0.25) is 0 Å². The molecule has 0 amide bonds. The molecule has 0 aromatic rings. The Balaban J connectivity index is 1.97. The summed E-state index contributed by atoms with van der Waals surface area (Å²) in [4.78, 5) is 0. The van der Waals surface area contributed by atoms with E-state index in [1.54, 1.807) is 0 Å². The van der Waals surface area contributed by atoms with Crippen molar-refractivity contribution in [3.63, 3.8) is 0 Å². The lowest BCUT2D eigenvalue weighted by Gasteiger charge is -2.24. The minimum Gasteiger partial charge on any atom is -0.378 e. The van der Waals surface area contributed by atoms with Crippen molar-refractivity contribution in [2.45, 2.75) is 18.4 Å². The highest BCUT2D eigenvalue weighted by atomic mass is 16.6. The van der Waals surface area contributed by atoms with Gasteiger partial charge in [0.25, 0.3) is 0 Å². The lowest BCUT2D eigenvalue weighted by molar-refractivity contribution is -0.0416. The number of hydrogen-bond donors (Lipinski definition) is 1. The summed E-state index contributed by atoms with van der Waals surface area (Å²) < 4.78 is 11.1. The van der Waals surface area contributed by atoms with Crippen molar-refractivity contribution >= 4 is 0 Å². The molecule has 1 spiro atoms. The molecule has 0 saturated carbocycles. The van der Waals surface area contributed by atoms with Crippen LogP contribution in [0.2, 0.25) is 0 Å². The standard InChI is InChI=1S/C8H15NO2/c1-3-9-4-6-11-8(1)2-5-10-7-8/h9H,1-7H2. The van der Waals surface area contributed by atoms with Gasteiger partial charge in [0.15, 0.2) is 0 Å². The van der Waals surface area contributed by atoms with Crippen LogP contribution in [0.25, 0.3) is 0 Å². The fourth-order valence-corrected chi connectivity index (χ4v) is 1.75. The summed E-state index contributed by atoms with van der Waals surface area (Å²) in [5.41, 5.74) is 0.0729. The third-order valence-electron chi connectivity index (χ3n) is 2.51. The molecule has 2 aliphatic rings. The minimum atomic E-state index is 0.0729. The van der Waals surface area contributed by atoms with Crippen molar-refractivity contribution in [2.24, 2.45) is 0 Å². The molecule has 64 valence electrons. The highest BCUT2D eigenvalue weighted by Crippen LogP contribution is 2.27. The van der Waals surface area contributed by atoms with Crippen LogP contribution in [0.5, 0.6) is 0 Å². The molecule has 0 aliphatic carbocycles. The molecule has 2 aliphatic heterocycles. The second-order valence-corrected chi connectivity index (χ2v) is 3.33. The van der Waals surface area contributed by atoms with Gasteiger partial charge in [-0.15, -0.1) is 0 Å². The summed E-state index contributed by atoms with van der Waals surface area (Å²) in [5.74, 6) is 0. The zero-order chi connectivity index (χ0) is 7.57. The Morgan fingerprint density at radius 1 is 1.09 bits per heavy atom. The number of nitrogens with one attached hydrogen (secondary N) is 1. The fraction of sp³-hybridized carbons (Fsp3) is 1.00. The molecule has 3 nitrogen and oxygen atoms in total. The average Bonchev–Trinajstić information content (AvgIpc) is 2.32. The highest BCUT2D eigenvalue weighted by molar-refractivity contribution is 4.87. The third kappa shape index (κ3) is 1.55. The predicted molar refractivity (Wildman–Crippen MR) is 41.6 cm³/mol. The van der Waals surface area contributed by atoms with E-state index in [0.717, 1.165) is 45.8 Å². The molecular weight excluding hydrogens is 142 g/mol. The summed E-state index contributed by atoms with van der Waals surface area (Å²) >= 11 is 0. The van der Waals surface area contributed by atoms with E-state index in [9.17, 15) is 0 Å². The lowest BCUT2D eigenvalue weighted by Crippen LogP contribution is -2.33. The second kappa shape index (κ2) is 3.09. The minimum absolute atomic E-state index is 0.0729.